The highest BCUT2D eigenvalue weighted by Gasteiger charge is 2.32. The third-order valence-electron chi connectivity index (χ3n) is 3.58. The van der Waals surface area contributed by atoms with Gasteiger partial charge in [-0.2, -0.15) is 17.9 Å². The van der Waals surface area contributed by atoms with Crippen molar-refractivity contribution >= 4 is 40.6 Å². The van der Waals surface area contributed by atoms with Gasteiger partial charge < -0.3 is 10.1 Å². The second-order valence-electron chi connectivity index (χ2n) is 5.64. The van der Waals surface area contributed by atoms with Crippen LogP contribution in [-0.2, 0) is 12.7 Å². The summed E-state index contributed by atoms with van der Waals surface area (Å²) >= 11 is 13.3. The predicted octanol–water partition coefficient (Wildman–Crippen LogP) is 6.13. The van der Waals surface area contributed by atoms with Crippen molar-refractivity contribution in [2.24, 2.45) is 0 Å². The van der Waals surface area contributed by atoms with Gasteiger partial charge in [0.25, 0.3) is 0 Å². The third kappa shape index (κ3) is 4.60. The molecule has 1 aromatic carbocycles. The summed E-state index contributed by atoms with van der Waals surface area (Å²) in [6.45, 7) is 1.96. The number of hydrogen-bond acceptors (Lipinski definition) is 4. The number of hydrogen-bond donors (Lipinski definition) is 1. The molecule has 0 saturated carbocycles. The molecule has 0 fully saturated rings. The van der Waals surface area contributed by atoms with Crippen molar-refractivity contribution in [1.82, 2.24) is 15.1 Å². The molecule has 0 aliphatic carbocycles. The fraction of sp³-hybridized carbons (Fsp3) is 0.176. The molecule has 1 amide bonds. The van der Waals surface area contributed by atoms with E-state index in [0.29, 0.717) is 24.4 Å². The van der Waals surface area contributed by atoms with Gasteiger partial charge in [-0.25, -0.2) is 4.79 Å². The highest BCUT2D eigenvalue weighted by molar-refractivity contribution is 7.09. The summed E-state index contributed by atoms with van der Waals surface area (Å²) in [6, 6.07) is 6.12. The maximum absolute atomic E-state index is 12.8. The molecule has 0 radical (unpaired) electrons. The number of thiophene rings is 1. The zero-order chi connectivity index (χ0) is 20.5. The maximum Gasteiger partial charge on any atom is 0.416 e. The molecule has 2 aromatic heterocycles. The topological polar surface area (TPSA) is 56.2 Å². The predicted molar refractivity (Wildman–Crippen MR) is 100 cm³/mol. The van der Waals surface area contributed by atoms with Crippen LogP contribution in [0.25, 0.3) is 0 Å². The average molecular weight is 450 g/mol. The van der Waals surface area contributed by atoms with Gasteiger partial charge in [0.05, 0.1) is 27.8 Å². The van der Waals surface area contributed by atoms with Crippen LogP contribution in [-0.4, -0.2) is 15.8 Å². The number of aromatic nitrogens is 2. The second kappa shape index (κ2) is 8.02. The van der Waals surface area contributed by atoms with Crippen LogP contribution in [0.1, 0.15) is 16.1 Å². The minimum absolute atomic E-state index is 0.0349. The number of amides is 1. The summed E-state index contributed by atoms with van der Waals surface area (Å²) in [7, 11) is 0. The molecular formula is C17H12Cl2F3N3O2S. The highest BCUT2D eigenvalue weighted by Crippen LogP contribution is 2.41. The molecule has 0 bridgehead atoms. The summed E-state index contributed by atoms with van der Waals surface area (Å²) in [5.41, 5.74) is -0.539. The van der Waals surface area contributed by atoms with Crippen LogP contribution in [0.15, 0.2) is 35.7 Å². The van der Waals surface area contributed by atoms with E-state index in [0.717, 1.165) is 9.56 Å². The van der Waals surface area contributed by atoms with Crippen LogP contribution in [0.3, 0.4) is 0 Å². The second-order valence-corrected chi connectivity index (χ2v) is 7.49. The number of carbonyl (C=O) groups excluding carboxylic acids is 1. The van der Waals surface area contributed by atoms with E-state index in [1.54, 1.807) is 6.92 Å². The van der Waals surface area contributed by atoms with E-state index in [1.807, 2.05) is 17.5 Å². The van der Waals surface area contributed by atoms with Crippen molar-refractivity contribution < 1.29 is 22.7 Å². The number of benzene rings is 1. The van der Waals surface area contributed by atoms with Gasteiger partial charge in [0.2, 0.25) is 5.88 Å². The van der Waals surface area contributed by atoms with Crippen molar-refractivity contribution in [3.05, 3.63) is 61.9 Å². The lowest BCUT2D eigenvalue weighted by atomic mass is 10.2. The van der Waals surface area contributed by atoms with Gasteiger partial charge in [0.15, 0.2) is 5.75 Å². The van der Waals surface area contributed by atoms with Gasteiger partial charge in [-0.3, -0.25) is 0 Å². The van der Waals surface area contributed by atoms with Crippen molar-refractivity contribution in [2.45, 2.75) is 19.6 Å². The van der Waals surface area contributed by atoms with Crippen molar-refractivity contribution in [1.29, 1.82) is 0 Å². The van der Waals surface area contributed by atoms with E-state index in [4.69, 9.17) is 27.9 Å². The van der Waals surface area contributed by atoms with Crippen molar-refractivity contribution in [3.63, 3.8) is 0 Å². The van der Waals surface area contributed by atoms with E-state index in [2.05, 4.69) is 10.4 Å². The Labute approximate surface area is 171 Å². The Morgan fingerprint density at radius 1 is 1.29 bits per heavy atom. The number of rotatable bonds is 4. The fourth-order valence-electron chi connectivity index (χ4n) is 2.28. The van der Waals surface area contributed by atoms with Crippen molar-refractivity contribution in [2.75, 3.05) is 0 Å². The zero-order valence-corrected chi connectivity index (χ0v) is 16.5. The molecule has 0 unspecified atom stereocenters. The first-order valence-corrected chi connectivity index (χ1v) is 9.40. The number of halogens is 5. The quantitative estimate of drug-likeness (QED) is 0.521. The minimum atomic E-state index is -4.59. The molecule has 0 aliphatic rings. The molecular weight excluding hydrogens is 438 g/mol. The van der Waals surface area contributed by atoms with E-state index in [9.17, 15) is 18.0 Å². The van der Waals surface area contributed by atoms with E-state index < -0.39 is 17.8 Å². The molecule has 0 saturated heterocycles. The van der Waals surface area contributed by atoms with Crippen LogP contribution in [0.2, 0.25) is 10.0 Å². The molecule has 0 spiro atoms. The van der Waals surface area contributed by atoms with Crippen molar-refractivity contribution in [3.8, 4) is 11.6 Å². The number of alkyl halides is 3. The van der Waals surface area contributed by atoms with Gasteiger partial charge in [0, 0.05) is 10.9 Å². The van der Waals surface area contributed by atoms with Gasteiger partial charge in [-0.15, -0.1) is 16.4 Å². The van der Waals surface area contributed by atoms with Crippen LogP contribution < -0.4 is 10.1 Å². The number of ether oxygens (including phenoxy) is 1. The highest BCUT2D eigenvalue weighted by atomic mass is 35.5. The molecule has 3 rings (SSSR count). The smallest absolute Gasteiger partial charge is 0.416 e. The molecule has 1 N–H and O–H groups in total. The Kier molecular flexibility index (Phi) is 5.87. The lowest BCUT2D eigenvalue weighted by Gasteiger charge is -2.11. The average Bonchev–Trinajstić information content (AvgIpc) is 3.24. The summed E-state index contributed by atoms with van der Waals surface area (Å²) in [4.78, 5) is 13.2. The molecule has 2 heterocycles. The summed E-state index contributed by atoms with van der Waals surface area (Å²) in [5.74, 6) is -0.215. The van der Waals surface area contributed by atoms with E-state index in [1.165, 1.54) is 17.4 Å². The lowest BCUT2D eigenvalue weighted by molar-refractivity contribution is -0.137. The standard InChI is InChI=1S/C17H12Cl2F3N3O2S/c1-9-5-14(24-25(9)16(26)23-8-11-3-2-4-28-11)27-15-12(18)6-10(7-13(15)19)17(20,21)22/h2-7H,8H2,1H3,(H,23,26). The first-order valence-electron chi connectivity index (χ1n) is 7.76. The first kappa shape index (κ1) is 20.5. The molecule has 0 atom stereocenters. The fourth-order valence-corrected chi connectivity index (χ4v) is 3.49. The van der Waals surface area contributed by atoms with Crippen LogP contribution in [0.4, 0.5) is 18.0 Å². The molecule has 5 nitrogen and oxygen atoms in total. The van der Waals surface area contributed by atoms with Gasteiger partial charge in [0.1, 0.15) is 0 Å². The van der Waals surface area contributed by atoms with Gasteiger partial charge >= 0.3 is 12.2 Å². The SMILES string of the molecule is Cc1cc(Oc2c(Cl)cc(C(F)(F)F)cc2Cl)nn1C(=O)NCc1cccs1. The Balaban J connectivity index is 1.77. The zero-order valence-electron chi connectivity index (χ0n) is 14.2. The Morgan fingerprint density at radius 2 is 1.96 bits per heavy atom. The molecule has 28 heavy (non-hydrogen) atoms. The van der Waals surface area contributed by atoms with Gasteiger partial charge in [-0.05, 0) is 30.5 Å². The van der Waals surface area contributed by atoms with Crippen LogP contribution in [0, 0.1) is 6.92 Å². The summed E-state index contributed by atoms with van der Waals surface area (Å²) in [6.07, 6.45) is -4.59. The number of nitrogens with zero attached hydrogens (tertiary/aromatic N) is 2. The van der Waals surface area contributed by atoms with Gasteiger partial charge in [-0.1, -0.05) is 29.3 Å². The monoisotopic (exact) mass is 449 g/mol. The first-order chi connectivity index (χ1) is 13.1. The molecule has 11 heteroatoms. The largest absolute Gasteiger partial charge is 0.434 e. The van der Waals surface area contributed by atoms with Crippen LogP contribution >= 0.6 is 34.5 Å². The Bertz CT molecular complexity index is 981. The Hall–Kier alpha value is -2.23. The number of aryl methyl sites for hydroxylation is 1. The van der Waals surface area contributed by atoms with Crippen LogP contribution in [0.5, 0.6) is 11.6 Å². The Morgan fingerprint density at radius 3 is 2.54 bits per heavy atom. The normalized spacial score (nSPS) is 11.5. The maximum atomic E-state index is 12.8. The number of carbonyl (C=O) groups is 1. The molecule has 148 valence electrons. The summed E-state index contributed by atoms with van der Waals surface area (Å²) in [5, 5.41) is 7.95. The summed E-state index contributed by atoms with van der Waals surface area (Å²) < 4.78 is 44.9. The minimum Gasteiger partial charge on any atom is -0.434 e. The lowest BCUT2D eigenvalue weighted by Crippen LogP contribution is -2.29. The number of nitrogens with one attached hydrogen (secondary N) is 1. The van der Waals surface area contributed by atoms with E-state index >= 15 is 0 Å². The third-order valence-corrected chi connectivity index (χ3v) is 5.02. The molecule has 0 aliphatic heterocycles. The molecule has 3 aromatic rings. The van der Waals surface area contributed by atoms with E-state index in [-0.39, 0.29) is 21.7 Å².